The Morgan fingerprint density at radius 1 is 0.960 bits per heavy atom. The van der Waals surface area contributed by atoms with Crippen LogP contribution in [0.1, 0.15) is 59.4 Å². The Bertz CT molecular complexity index is 697. The maximum atomic E-state index is 12.2. The lowest BCUT2D eigenvalue weighted by molar-refractivity contribution is -0.0441. The van der Waals surface area contributed by atoms with Crippen molar-refractivity contribution >= 4 is 20.0 Å². The number of sulfonamides is 2. The Hall–Kier alpha value is -1.13. The molecule has 0 spiro atoms. The smallest absolute Gasteiger partial charge is 0.206 e. The fourth-order valence-electron chi connectivity index (χ4n) is 1.45. The minimum absolute atomic E-state index is 0.147. The van der Waals surface area contributed by atoms with E-state index in [0.717, 1.165) is 24.1 Å². The van der Waals surface area contributed by atoms with Gasteiger partial charge in [0, 0.05) is 0 Å². The number of hydrogen-bond donors (Lipinski definition) is 1. The Morgan fingerprint density at radius 2 is 1.36 bits per heavy atom. The van der Waals surface area contributed by atoms with E-state index in [1.54, 1.807) is 0 Å². The number of nitrogens with one attached hydrogen (secondary N) is 1. The first-order valence-corrected chi connectivity index (χ1v) is 10.8. The van der Waals surface area contributed by atoms with Crippen LogP contribution in [0.25, 0.3) is 0 Å². The van der Waals surface area contributed by atoms with Crippen molar-refractivity contribution in [2.24, 2.45) is 0 Å². The van der Waals surface area contributed by atoms with Crippen molar-refractivity contribution in [3.8, 4) is 0 Å². The zero-order chi connectivity index (χ0) is 20.5. The van der Waals surface area contributed by atoms with E-state index in [-0.39, 0.29) is 5.92 Å². The molecular formula is C15H26F3NO4S2. The summed E-state index contributed by atoms with van der Waals surface area (Å²) in [7, 11) is -10.8. The summed E-state index contributed by atoms with van der Waals surface area (Å²) in [4.78, 5) is -0.553. The molecule has 148 valence electrons. The predicted octanol–water partition coefficient (Wildman–Crippen LogP) is 4.38. The second kappa shape index (κ2) is 10.8. The Kier molecular flexibility index (Phi) is 11.2. The number of hydrogen-bond acceptors (Lipinski definition) is 4. The Balaban J connectivity index is 0. The van der Waals surface area contributed by atoms with Gasteiger partial charge in [0.15, 0.2) is 0 Å². The molecule has 0 saturated carbocycles. The van der Waals surface area contributed by atoms with Crippen LogP contribution in [0.4, 0.5) is 13.2 Å². The topological polar surface area (TPSA) is 80.3 Å². The van der Waals surface area contributed by atoms with Crippen molar-refractivity contribution in [2.45, 2.75) is 64.3 Å². The third-order valence-electron chi connectivity index (χ3n) is 2.90. The summed E-state index contributed by atoms with van der Waals surface area (Å²) in [6, 6.07) is 5.00. The highest BCUT2D eigenvalue weighted by atomic mass is 32.3. The van der Waals surface area contributed by atoms with Gasteiger partial charge in [-0.2, -0.15) is 13.2 Å². The van der Waals surface area contributed by atoms with Gasteiger partial charge in [-0.1, -0.05) is 57.8 Å². The van der Waals surface area contributed by atoms with E-state index in [1.165, 1.54) is 12.1 Å². The zero-order valence-electron chi connectivity index (χ0n) is 15.2. The molecule has 0 heterocycles. The molecule has 0 radical (unpaired) electrons. The number of rotatable bonds is 5. The number of halogens is 3. The third kappa shape index (κ3) is 7.74. The van der Waals surface area contributed by atoms with E-state index in [0.29, 0.717) is 4.13 Å². The van der Waals surface area contributed by atoms with Crippen LogP contribution in [0.5, 0.6) is 0 Å². The molecule has 0 amide bonds. The molecule has 1 rings (SSSR count). The molecule has 0 aliphatic carbocycles. The minimum Gasteiger partial charge on any atom is -0.206 e. The van der Waals surface area contributed by atoms with Crippen LogP contribution in [0.3, 0.4) is 0 Å². The van der Waals surface area contributed by atoms with Gasteiger partial charge < -0.3 is 0 Å². The van der Waals surface area contributed by atoms with Crippen molar-refractivity contribution in [2.75, 3.05) is 0 Å². The monoisotopic (exact) mass is 405 g/mol. The Labute approximate surface area is 148 Å². The zero-order valence-corrected chi connectivity index (χ0v) is 16.8. The maximum Gasteiger partial charge on any atom is 0.512 e. The van der Waals surface area contributed by atoms with E-state index < -0.39 is 30.5 Å². The fourth-order valence-corrected chi connectivity index (χ4v) is 3.86. The van der Waals surface area contributed by atoms with Gasteiger partial charge in [-0.15, -0.1) is 0 Å². The second-order valence-electron chi connectivity index (χ2n) is 4.41. The van der Waals surface area contributed by atoms with Gasteiger partial charge >= 0.3 is 15.5 Å². The molecule has 5 nitrogen and oxygen atoms in total. The van der Waals surface area contributed by atoms with E-state index >= 15 is 0 Å². The SMILES string of the molecule is CC.CC.CCC(C)c1ccc(S(=O)(=O)NS(=O)(=O)C(F)(F)F)cc1. The van der Waals surface area contributed by atoms with Crippen molar-refractivity contribution in [1.82, 2.24) is 4.13 Å². The van der Waals surface area contributed by atoms with Crippen molar-refractivity contribution < 1.29 is 30.0 Å². The van der Waals surface area contributed by atoms with Gasteiger partial charge in [-0.3, -0.25) is 0 Å². The first-order chi connectivity index (χ1) is 11.4. The molecule has 0 aliphatic rings. The van der Waals surface area contributed by atoms with E-state index in [4.69, 9.17) is 0 Å². The molecule has 0 fully saturated rings. The number of alkyl halides is 3. The van der Waals surface area contributed by atoms with E-state index in [1.807, 2.05) is 41.5 Å². The van der Waals surface area contributed by atoms with Crippen molar-refractivity contribution in [3.63, 3.8) is 0 Å². The molecule has 10 heteroatoms. The standard InChI is InChI=1S/C11H14F3NO4S2.2C2H6/c1-3-8(2)9-4-6-10(7-5-9)20(16,17)15-21(18,19)11(12,13)14;2*1-2/h4-8,15H,3H2,1-2H3;2*1-2H3. The maximum absolute atomic E-state index is 12.2. The summed E-state index contributed by atoms with van der Waals surface area (Å²) >= 11 is 0. The first-order valence-electron chi connectivity index (χ1n) is 7.85. The molecule has 0 aromatic heterocycles. The molecule has 1 atom stereocenters. The lowest BCUT2D eigenvalue weighted by atomic mass is 9.99. The normalized spacial score (nSPS) is 13.0. The average molecular weight is 406 g/mol. The molecule has 1 unspecified atom stereocenters. The fraction of sp³-hybridized carbons (Fsp3) is 0.600. The lowest BCUT2D eigenvalue weighted by Crippen LogP contribution is -2.40. The highest BCUT2D eigenvalue weighted by molar-refractivity contribution is 8.05. The highest BCUT2D eigenvalue weighted by Crippen LogP contribution is 2.24. The highest BCUT2D eigenvalue weighted by Gasteiger charge is 2.48. The van der Waals surface area contributed by atoms with E-state index in [9.17, 15) is 30.0 Å². The second-order valence-corrected chi connectivity index (χ2v) is 8.03. The van der Waals surface area contributed by atoms with Crippen molar-refractivity contribution in [3.05, 3.63) is 29.8 Å². The molecule has 1 N–H and O–H groups in total. The van der Waals surface area contributed by atoms with Crippen LogP contribution < -0.4 is 4.13 Å². The predicted molar refractivity (Wildman–Crippen MR) is 93.1 cm³/mol. The van der Waals surface area contributed by atoms with Gasteiger partial charge in [0.25, 0.3) is 10.0 Å². The molecule has 0 bridgehead atoms. The summed E-state index contributed by atoms with van der Waals surface area (Å²) in [5, 5.41) is 0. The molecule has 0 saturated heterocycles. The summed E-state index contributed by atoms with van der Waals surface area (Å²) in [5.41, 5.74) is -4.90. The lowest BCUT2D eigenvalue weighted by Gasteiger charge is -2.12. The van der Waals surface area contributed by atoms with Crippen LogP contribution in [0.2, 0.25) is 0 Å². The quantitative estimate of drug-likeness (QED) is 0.788. The summed E-state index contributed by atoms with van der Waals surface area (Å²) in [5.74, 6) is 0.147. The van der Waals surface area contributed by atoms with Crippen LogP contribution in [0, 0.1) is 0 Å². The van der Waals surface area contributed by atoms with Crippen LogP contribution in [0.15, 0.2) is 29.2 Å². The van der Waals surface area contributed by atoms with Crippen molar-refractivity contribution in [1.29, 1.82) is 0 Å². The molecule has 0 aliphatic heterocycles. The number of benzene rings is 1. The van der Waals surface area contributed by atoms with Gasteiger partial charge in [-0.05, 0) is 30.0 Å². The minimum atomic E-state index is -5.97. The molecule has 1 aromatic rings. The van der Waals surface area contributed by atoms with Gasteiger partial charge in [0.1, 0.15) is 0 Å². The average Bonchev–Trinajstić information content (AvgIpc) is 2.56. The van der Waals surface area contributed by atoms with Crippen LogP contribution in [-0.2, 0) is 20.0 Å². The third-order valence-corrected chi connectivity index (χ3v) is 6.15. The van der Waals surface area contributed by atoms with Gasteiger partial charge in [-0.25, -0.2) is 16.8 Å². The Morgan fingerprint density at radius 3 is 1.68 bits per heavy atom. The van der Waals surface area contributed by atoms with Crippen LogP contribution in [-0.4, -0.2) is 22.3 Å². The largest absolute Gasteiger partial charge is 0.512 e. The first kappa shape index (κ1) is 26.1. The summed E-state index contributed by atoms with van der Waals surface area (Å²) in [6.45, 7) is 11.8. The van der Waals surface area contributed by atoms with Crippen LogP contribution >= 0.6 is 0 Å². The summed E-state index contributed by atoms with van der Waals surface area (Å²) in [6.07, 6.45) is 0.798. The molecule has 1 aromatic carbocycles. The summed E-state index contributed by atoms with van der Waals surface area (Å²) < 4.78 is 82.2. The molecular weight excluding hydrogens is 379 g/mol. The van der Waals surface area contributed by atoms with E-state index in [2.05, 4.69) is 0 Å². The van der Waals surface area contributed by atoms with Gasteiger partial charge in [0.2, 0.25) is 0 Å². The molecule has 25 heavy (non-hydrogen) atoms. The van der Waals surface area contributed by atoms with Gasteiger partial charge in [0.05, 0.1) is 4.90 Å².